The number of nitrogens with one attached hydrogen (secondary N) is 1. The fraction of sp³-hybridized carbons (Fsp3) is 0.308. The van der Waals surface area contributed by atoms with Crippen LogP contribution in [0.3, 0.4) is 0 Å². The molecule has 0 bridgehead atoms. The normalized spacial score (nSPS) is 10.8. The first-order chi connectivity index (χ1) is 8.70. The smallest absolute Gasteiger partial charge is 0.194 e. The highest BCUT2D eigenvalue weighted by Gasteiger charge is 2.10. The Morgan fingerprint density at radius 3 is 3.06 bits per heavy atom. The van der Waals surface area contributed by atoms with Crippen LogP contribution >= 0.6 is 27.5 Å². The number of halogens is 2. The quantitative estimate of drug-likeness (QED) is 0.845. The van der Waals surface area contributed by atoms with Crippen molar-refractivity contribution in [2.45, 2.75) is 12.8 Å². The summed E-state index contributed by atoms with van der Waals surface area (Å²) in [4.78, 5) is 4.27. The summed E-state index contributed by atoms with van der Waals surface area (Å²) in [7, 11) is 1.93. The molecule has 0 aliphatic carbocycles. The molecule has 0 saturated heterocycles. The van der Waals surface area contributed by atoms with Crippen LogP contribution < -0.4 is 5.32 Å². The summed E-state index contributed by atoms with van der Waals surface area (Å²) in [5, 5.41) is 3.76. The number of aromatic nitrogens is 1. The van der Waals surface area contributed by atoms with Crippen LogP contribution in [0.5, 0.6) is 0 Å². The lowest BCUT2D eigenvalue weighted by molar-refractivity contribution is 0.495. The molecule has 96 valence electrons. The number of hydrogen-bond acceptors (Lipinski definition) is 3. The third-order valence-corrected chi connectivity index (χ3v) is 3.39. The summed E-state index contributed by atoms with van der Waals surface area (Å²) >= 11 is 9.57. The minimum Gasteiger partial charge on any atom is -0.441 e. The minimum atomic E-state index is 0.663. The Kier molecular flexibility index (Phi) is 4.80. The number of hydrogen-bond donors (Lipinski definition) is 1. The maximum Gasteiger partial charge on any atom is 0.194 e. The first-order valence-electron chi connectivity index (χ1n) is 5.75. The molecular weight excluding hydrogens is 316 g/mol. The number of benzene rings is 1. The summed E-state index contributed by atoms with van der Waals surface area (Å²) in [5.74, 6) is 1.46. The van der Waals surface area contributed by atoms with Crippen LogP contribution in [0.2, 0.25) is 5.02 Å². The molecule has 18 heavy (non-hydrogen) atoms. The van der Waals surface area contributed by atoms with E-state index in [4.69, 9.17) is 16.0 Å². The van der Waals surface area contributed by atoms with E-state index in [1.807, 2.05) is 25.2 Å². The van der Waals surface area contributed by atoms with Crippen molar-refractivity contribution in [1.29, 1.82) is 0 Å². The van der Waals surface area contributed by atoms with Gasteiger partial charge in [-0.25, -0.2) is 4.98 Å². The van der Waals surface area contributed by atoms with Crippen LogP contribution in [0.4, 0.5) is 0 Å². The van der Waals surface area contributed by atoms with Crippen molar-refractivity contribution in [3.8, 4) is 11.3 Å². The third kappa shape index (κ3) is 3.34. The molecule has 2 rings (SSSR count). The summed E-state index contributed by atoms with van der Waals surface area (Å²) in [6, 6.07) is 5.67. The van der Waals surface area contributed by atoms with E-state index in [-0.39, 0.29) is 0 Å². The molecular formula is C13H14BrClN2O. The first-order valence-corrected chi connectivity index (χ1v) is 6.92. The van der Waals surface area contributed by atoms with E-state index in [0.717, 1.165) is 35.3 Å². The van der Waals surface area contributed by atoms with E-state index < -0.39 is 0 Å². The zero-order valence-electron chi connectivity index (χ0n) is 10.0. The molecule has 0 radical (unpaired) electrons. The van der Waals surface area contributed by atoms with Crippen LogP contribution in [-0.4, -0.2) is 18.6 Å². The standard InChI is InChI=1S/C13H14BrClN2O/c1-16-6-2-3-13-17-8-12(18-13)10-7-9(14)4-5-11(10)15/h4-5,7-8,16H,2-3,6H2,1H3. The van der Waals surface area contributed by atoms with Crippen molar-refractivity contribution in [1.82, 2.24) is 10.3 Å². The molecule has 3 nitrogen and oxygen atoms in total. The summed E-state index contributed by atoms with van der Waals surface area (Å²) < 4.78 is 6.68. The number of aryl methyl sites for hydroxylation is 1. The van der Waals surface area contributed by atoms with Gasteiger partial charge in [0.25, 0.3) is 0 Å². The molecule has 5 heteroatoms. The fourth-order valence-electron chi connectivity index (χ4n) is 1.65. The van der Waals surface area contributed by atoms with E-state index in [0.29, 0.717) is 10.8 Å². The third-order valence-electron chi connectivity index (χ3n) is 2.56. The van der Waals surface area contributed by atoms with Gasteiger partial charge < -0.3 is 9.73 Å². The molecule has 0 atom stereocenters. The molecule has 0 aliphatic heterocycles. The van der Waals surface area contributed by atoms with Crippen molar-refractivity contribution < 1.29 is 4.42 Å². The second-order valence-corrected chi connectivity index (χ2v) is 5.27. The van der Waals surface area contributed by atoms with E-state index >= 15 is 0 Å². The van der Waals surface area contributed by atoms with E-state index in [9.17, 15) is 0 Å². The highest BCUT2D eigenvalue weighted by Crippen LogP contribution is 2.31. The van der Waals surface area contributed by atoms with E-state index in [2.05, 4.69) is 26.2 Å². The van der Waals surface area contributed by atoms with Gasteiger partial charge in [0.05, 0.1) is 11.2 Å². The largest absolute Gasteiger partial charge is 0.441 e. The lowest BCUT2D eigenvalue weighted by atomic mass is 10.2. The molecule has 0 saturated carbocycles. The minimum absolute atomic E-state index is 0.663. The highest BCUT2D eigenvalue weighted by atomic mass is 79.9. The molecule has 0 amide bonds. The van der Waals surface area contributed by atoms with Gasteiger partial charge in [-0.2, -0.15) is 0 Å². The van der Waals surface area contributed by atoms with Gasteiger partial charge in [0, 0.05) is 16.5 Å². The molecule has 1 N–H and O–H groups in total. The van der Waals surface area contributed by atoms with Gasteiger partial charge in [0.1, 0.15) is 0 Å². The van der Waals surface area contributed by atoms with Crippen LogP contribution in [0.15, 0.2) is 33.3 Å². The Hall–Kier alpha value is -0.840. The SMILES string of the molecule is CNCCCc1ncc(-c2cc(Br)ccc2Cl)o1. The monoisotopic (exact) mass is 328 g/mol. The lowest BCUT2D eigenvalue weighted by Crippen LogP contribution is -2.08. The number of oxazole rings is 1. The molecule has 0 unspecified atom stereocenters. The Labute approximate surface area is 120 Å². The van der Waals surface area contributed by atoms with E-state index in [1.165, 1.54) is 0 Å². The highest BCUT2D eigenvalue weighted by molar-refractivity contribution is 9.10. The van der Waals surface area contributed by atoms with Crippen LogP contribution in [0.1, 0.15) is 12.3 Å². The van der Waals surface area contributed by atoms with Crippen molar-refractivity contribution in [2.75, 3.05) is 13.6 Å². The lowest BCUT2D eigenvalue weighted by Gasteiger charge is -2.01. The first kappa shape index (κ1) is 13.6. The number of rotatable bonds is 5. The Bertz CT molecular complexity index is 527. The molecule has 0 spiro atoms. The van der Waals surface area contributed by atoms with Gasteiger partial charge in [0.2, 0.25) is 0 Å². The molecule has 1 aromatic carbocycles. The van der Waals surface area contributed by atoms with Crippen LogP contribution in [-0.2, 0) is 6.42 Å². The van der Waals surface area contributed by atoms with Gasteiger partial charge in [-0.15, -0.1) is 0 Å². The average Bonchev–Trinajstić information content (AvgIpc) is 2.81. The molecule has 1 heterocycles. The zero-order chi connectivity index (χ0) is 13.0. The second kappa shape index (κ2) is 6.36. The topological polar surface area (TPSA) is 38.1 Å². The second-order valence-electron chi connectivity index (χ2n) is 3.95. The molecule has 0 aliphatic rings. The average molecular weight is 330 g/mol. The Balaban J connectivity index is 2.16. The maximum atomic E-state index is 6.15. The predicted octanol–water partition coefficient (Wildman–Crippen LogP) is 3.91. The fourth-order valence-corrected chi connectivity index (χ4v) is 2.22. The summed E-state index contributed by atoms with van der Waals surface area (Å²) in [6.07, 6.45) is 3.55. The maximum absolute atomic E-state index is 6.15. The zero-order valence-corrected chi connectivity index (χ0v) is 12.4. The van der Waals surface area contributed by atoms with Crippen molar-refractivity contribution in [3.63, 3.8) is 0 Å². The summed E-state index contributed by atoms with van der Waals surface area (Å²) in [6.45, 7) is 0.954. The van der Waals surface area contributed by atoms with Crippen molar-refractivity contribution >= 4 is 27.5 Å². The summed E-state index contributed by atoms with van der Waals surface area (Å²) in [5.41, 5.74) is 0.860. The van der Waals surface area contributed by atoms with Gasteiger partial charge in [-0.1, -0.05) is 27.5 Å². The Morgan fingerprint density at radius 1 is 1.44 bits per heavy atom. The van der Waals surface area contributed by atoms with Gasteiger partial charge >= 0.3 is 0 Å². The van der Waals surface area contributed by atoms with Gasteiger partial charge in [0.15, 0.2) is 11.7 Å². The molecule has 1 aromatic heterocycles. The Morgan fingerprint density at radius 2 is 2.28 bits per heavy atom. The van der Waals surface area contributed by atoms with Gasteiger partial charge in [-0.3, -0.25) is 0 Å². The van der Waals surface area contributed by atoms with Crippen molar-refractivity contribution in [2.24, 2.45) is 0 Å². The van der Waals surface area contributed by atoms with Gasteiger partial charge in [-0.05, 0) is 38.2 Å². The number of nitrogens with zero attached hydrogens (tertiary/aromatic N) is 1. The molecule has 0 fully saturated rings. The predicted molar refractivity (Wildman–Crippen MR) is 76.9 cm³/mol. The van der Waals surface area contributed by atoms with Crippen LogP contribution in [0.25, 0.3) is 11.3 Å². The van der Waals surface area contributed by atoms with Crippen molar-refractivity contribution in [3.05, 3.63) is 39.8 Å². The van der Waals surface area contributed by atoms with Crippen LogP contribution in [0, 0.1) is 0 Å². The molecule has 2 aromatic rings. The van der Waals surface area contributed by atoms with E-state index in [1.54, 1.807) is 6.20 Å².